The minimum absolute atomic E-state index is 0.0746. The molecule has 1 amide bonds. The second-order valence-electron chi connectivity index (χ2n) is 7.77. The van der Waals surface area contributed by atoms with Gasteiger partial charge < -0.3 is 30.6 Å². The van der Waals surface area contributed by atoms with E-state index in [0.29, 0.717) is 48.9 Å². The molecule has 1 aliphatic rings. The maximum Gasteiger partial charge on any atom is 0.343 e. The summed E-state index contributed by atoms with van der Waals surface area (Å²) in [6.45, 7) is 1.62. The quantitative estimate of drug-likeness (QED) is 0.238. The van der Waals surface area contributed by atoms with Gasteiger partial charge in [-0.25, -0.2) is 14.6 Å². The van der Waals surface area contributed by atoms with E-state index in [1.165, 1.54) is 0 Å². The van der Waals surface area contributed by atoms with Gasteiger partial charge >= 0.3 is 11.9 Å². The van der Waals surface area contributed by atoms with Crippen LogP contribution in [-0.2, 0) is 14.3 Å². The average Bonchev–Trinajstić information content (AvgIpc) is 2.87. The summed E-state index contributed by atoms with van der Waals surface area (Å²) in [5, 5.41) is 1.51. The molecule has 3 aromatic carbocycles. The standard InChI is InChI=1S/C25H24N4O6/c26-25(27)28-20-6-3-16(4-7-20)24(32)35-21-8-5-17-13-19(2-1-18(17)14-21)23(31)34-15-22(30)29-9-11-33-12-10-29/h1-8,13-14H,9-12,15H2,(H4,26,27,28). The van der Waals surface area contributed by atoms with Crippen molar-refractivity contribution in [3.05, 3.63) is 71.8 Å². The number of morpholine rings is 1. The van der Waals surface area contributed by atoms with Gasteiger partial charge in [-0.15, -0.1) is 0 Å². The highest BCUT2D eigenvalue weighted by Crippen LogP contribution is 2.24. The molecule has 10 heteroatoms. The van der Waals surface area contributed by atoms with Crippen molar-refractivity contribution in [2.75, 3.05) is 32.9 Å². The lowest BCUT2D eigenvalue weighted by atomic mass is 10.1. The van der Waals surface area contributed by atoms with E-state index in [9.17, 15) is 14.4 Å². The molecule has 0 radical (unpaired) electrons. The van der Waals surface area contributed by atoms with Crippen molar-refractivity contribution < 1.29 is 28.6 Å². The molecule has 1 fully saturated rings. The number of nitrogens with zero attached hydrogens (tertiary/aromatic N) is 2. The van der Waals surface area contributed by atoms with Crippen LogP contribution in [-0.4, -0.2) is 61.6 Å². The highest BCUT2D eigenvalue weighted by atomic mass is 16.5. The Labute approximate surface area is 201 Å². The smallest absolute Gasteiger partial charge is 0.343 e. The molecule has 1 saturated heterocycles. The van der Waals surface area contributed by atoms with Gasteiger partial charge in [0.15, 0.2) is 12.6 Å². The average molecular weight is 476 g/mol. The Bertz CT molecular complexity index is 1280. The maximum atomic E-state index is 12.5. The molecule has 4 N–H and O–H groups in total. The van der Waals surface area contributed by atoms with Crippen LogP contribution in [0.5, 0.6) is 5.75 Å². The summed E-state index contributed by atoms with van der Waals surface area (Å²) in [6, 6.07) is 16.4. The van der Waals surface area contributed by atoms with Gasteiger partial charge in [0.05, 0.1) is 30.0 Å². The Morgan fingerprint density at radius 1 is 0.857 bits per heavy atom. The molecular weight excluding hydrogens is 452 g/mol. The molecule has 0 spiro atoms. The number of nitrogens with two attached hydrogens (primary N) is 2. The highest BCUT2D eigenvalue weighted by Gasteiger charge is 2.19. The fourth-order valence-corrected chi connectivity index (χ4v) is 3.52. The van der Waals surface area contributed by atoms with Crippen molar-refractivity contribution in [1.29, 1.82) is 0 Å². The second-order valence-corrected chi connectivity index (χ2v) is 7.77. The van der Waals surface area contributed by atoms with E-state index in [-0.39, 0.29) is 18.5 Å². The Morgan fingerprint density at radius 3 is 2.23 bits per heavy atom. The first-order valence-corrected chi connectivity index (χ1v) is 10.9. The fraction of sp³-hybridized carbons (Fsp3) is 0.200. The lowest BCUT2D eigenvalue weighted by Crippen LogP contribution is -2.42. The predicted molar refractivity (Wildman–Crippen MR) is 128 cm³/mol. The zero-order valence-electron chi connectivity index (χ0n) is 18.8. The van der Waals surface area contributed by atoms with Gasteiger partial charge in [-0.2, -0.15) is 0 Å². The highest BCUT2D eigenvalue weighted by molar-refractivity contribution is 5.97. The van der Waals surface area contributed by atoms with Gasteiger partial charge in [0.25, 0.3) is 5.91 Å². The van der Waals surface area contributed by atoms with Crippen LogP contribution >= 0.6 is 0 Å². The number of hydrogen-bond donors (Lipinski definition) is 2. The molecule has 1 aliphatic heterocycles. The van der Waals surface area contributed by atoms with Crippen molar-refractivity contribution in [2.24, 2.45) is 16.5 Å². The van der Waals surface area contributed by atoms with Crippen LogP contribution in [0.25, 0.3) is 10.8 Å². The molecule has 3 aromatic rings. The summed E-state index contributed by atoms with van der Waals surface area (Å²) < 4.78 is 15.9. The number of esters is 2. The SMILES string of the molecule is NC(N)=Nc1ccc(C(=O)Oc2ccc3cc(C(=O)OCC(=O)N4CCOCC4)ccc3c2)cc1. The van der Waals surface area contributed by atoms with Crippen LogP contribution in [0, 0.1) is 0 Å². The number of fused-ring (bicyclic) bond motifs is 1. The summed E-state index contributed by atoms with van der Waals surface area (Å²) in [7, 11) is 0. The lowest BCUT2D eigenvalue weighted by Gasteiger charge is -2.26. The number of carbonyl (C=O) groups excluding carboxylic acids is 3. The minimum atomic E-state index is -0.590. The van der Waals surface area contributed by atoms with E-state index in [2.05, 4.69) is 4.99 Å². The molecule has 10 nitrogen and oxygen atoms in total. The van der Waals surface area contributed by atoms with Gasteiger partial charge in [0.1, 0.15) is 5.75 Å². The normalized spacial score (nSPS) is 13.2. The monoisotopic (exact) mass is 476 g/mol. The summed E-state index contributed by atoms with van der Waals surface area (Å²) in [5.41, 5.74) is 11.9. The maximum absolute atomic E-state index is 12.5. The van der Waals surface area contributed by atoms with Gasteiger partial charge in [-0.3, -0.25) is 4.79 Å². The zero-order chi connectivity index (χ0) is 24.8. The summed E-state index contributed by atoms with van der Waals surface area (Å²) in [5.74, 6) is -1.10. The molecule has 180 valence electrons. The Hall–Kier alpha value is -4.44. The van der Waals surface area contributed by atoms with Crippen molar-refractivity contribution in [1.82, 2.24) is 4.90 Å². The second kappa shape index (κ2) is 10.7. The molecule has 4 rings (SSSR count). The molecule has 1 heterocycles. The third-order valence-corrected chi connectivity index (χ3v) is 5.31. The molecule has 0 aliphatic carbocycles. The molecular formula is C25H24N4O6. The van der Waals surface area contributed by atoms with Crippen LogP contribution in [0.15, 0.2) is 65.7 Å². The van der Waals surface area contributed by atoms with Crippen LogP contribution in [0.1, 0.15) is 20.7 Å². The van der Waals surface area contributed by atoms with E-state index in [0.717, 1.165) is 10.8 Å². The number of guanidine groups is 1. The van der Waals surface area contributed by atoms with E-state index in [1.54, 1.807) is 65.6 Å². The van der Waals surface area contributed by atoms with Crippen molar-refractivity contribution in [3.8, 4) is 5.75 Å². The summed E-state index contributed by atoms with van der Waals surface area (Å²) in [4.78, 5) is 42.6. The molecule has 0 aromatic heterocycles. The van der Waals surface area contributed by atoms with E-state index >= 15 is 0 Å². The number of amides is 1. The van der Waals surface area contributed by atoms with Gasteiger partial charge in [-0.1, -0.05) is 12.1 Å². The largest absolute Gasteiger partial charge is 0.452 e. The van der Waals surface area contributed by atoms with Crippen molar-refractivity contribution >= 4 is 40.3 Å². The first-order chi connectivity index (χ1) is 16.9. The third-order valence-electron chi connectivity index (χ3n) is 5.31. The zero-order valence-corrected chi connectivity index (χ0v) is 18.8. The Balaban J connectivity index is 1.38. The van der Waals surface area contributed by atoms with Crippen molar-refractivity contribution in [3.63, 3.8) is 0 Å². The molecule has 0 atom stereocenters. The first-order valence-electron chi connectivity index (χ1n) is 10.9. The third kappa shape index (κ3) is 6.12. The number of carbonyl (C=O) groups is 3. The topological polar surface area (TPSA) is 147 Å². The van der Waals surface area contributed by atoms with Gasteiger partial charge in [-0.05, 0) is 59.3 Å². The predicted octanol–water partition coefficient (Wildman–Crippen LogP) is 1.98. The lowest BCUT2D eigenvalue weighted by molar-refractivity contribution is -0.138. The first kappa shape index (κ1) is 23.7. The van der Waals surface area contributed by atoms with Crippen molar-refractivity contribution in [2.45, 2.75) is 0 Å². The molecule has 0 saturated carbocycles. The van der Waals surface area contributed by atoms with E-state index in [4.69, 9.17) is 25.7 Å². The Kier molecular flexibility index (Phi) is 7.22. The number of aliphatic imine (C=N–C) groups is 1. The minimum Gasteiger partial charge on any atom is -0.452 e. The number of rotatable bonds is 6. The summed E-state index contributed by atoms with van der Waals surface area (Å²) >= 11 is 0. The Morgan fingerprint density at radius 2 is 1.51 bits per heavy atom. The van der Waals surface area contributed by atoms with Gasteiger partial charge in [0.2, 0.25) is 0 Å². The van der Waals surface area contributed by atoms with Crippen LogP contribution in [0.3, 0.4) is 0 Å². The van der Waals surface area contributed by atoms with Crippen LogP contribution in [0.4, 0.5) is 5.69 Å². The molecule has 0 bridgehead atoms. The number of benzene rings is 3. The fourth-order valence-electron chi connectivity index (χ4n) is 3.52. The number of ether oxygens (including phenoxy) is 3. The molecule has 0 unspecified atom stereocenters. The summed E-state index contributed by atoms with van der Waals surface area (Å²) in [6.07, 6.45) is 0. The van der Waals surface area contributed by atoms with Crippen LogP contribution in [0.2, 0.25) is 0 Å². The number of hydrogen-bond acceptors (Lipinski definition) is 7. The molecule has 35 heavy (non-hydrogen) atoms. The van der Waals surface area contributed by atoms with E-state index in [1.807, 2.05) is 0 Å². The van der Waals surface area contributed by atoms with Crippen LogP contribution < -0.4 is 16.2 Å². The van der Waals surface area contributed by atoms with E-state index < -0.39 is 11.9 Å². The van der Waals surface area contributed by atoms with Gasteiger partial charge in [0, 0.05) is 13.1 Å².